The van der Waals surface area contributed by atoms with Gasteiger partial charge in [-0.3, -0.25) is 0 Å². The second-order valence-corrected chi connectivity index (χ2v) is 5.99. The van der Waals surface area contributed by atoms with Crippen LogP contribution in [0.5, 0.6) is 5.75 Å². The summed E-state index contributed by atoms with van der Waals surface area (Å²) in [5, 5.41) is 4.37. The highest BCUT2D eigenvalue weighted by molar-refractivity contribution is 7.15. The topological polar surface area (TPSA) is 34.2 Å². The normalized spacial score (nSPS) is 17.5. The van der Waals surface area contributed by atoms with Crippen molar-refractivity contribution in [2.75, 3.05) is 6.54 Å². The van der Waals surface area contributed by atoms with Gasteiger partial charge in [0.15, 0.2) is 0 Å². The van der Waals surface area contributed by atoms with E-state index in [0.717, 1.165) is 34.6 Å². The van der Waals surface area contributed by atoms with Crippen molar-refractivity contribution in [1.82, 2.24) is 10.3 Å². The maximum atomic E-state index is 5.84. The second kappa shape index (κ2) is 5.26. The van der Waals surface area contributed by atoms with Crippen LogP contribution in [0.1, 0.15) is 10.6 Å². The molecular formula is C13H13ClN2OS. The van der Waals surface area contributed by atoms with Crippen molar-refractivity contribution in [3.63, 3.8) is 0 Å². The number of rotatable bonds is 4. The number of halogens is 1. The Morgan fingerprint density at radius 2 is 2.33 bits per heavy atom. The van der Waals surface area contributed by atoms with Crippen LogP contribution in [0.15, 0.2) is 30.5 Å². The highest BCUT2D eigenvalue weighted by atomic mass is 35.5. The highest BCUT2D eigenvalue weighted by Crippen LogP contribution is 2.27. The molecule has 18 heavy (non-hydrogen) atoms. The van der Waals surface area contributed by atoms with Gasteiger partial charge in [0.1, 0.15) is 21.2 Å². The number of fused-ring (bicyclic) bond motifs is 1. The number of ether oxygens (including phenoxy) is 1. The largest absolute Gasteiger partial charge is 0.488 e. The minimum Gasteiger partial charge on any atom is -0.488 e. The molecule has 0 amide bonds. The Labute approximate surface area is 115 Å². The Bertz CT molecular complexity index is 518. The predicted molar refractivity (Wildman–Crippen MR) is 73.4 cm³/mol. The molecule has 94 valence electrons. The SMILES string of the molecule is Clc1cnc(CNCC2Cc3ccccc3O2)s1. The average Bonchev–Trinajstić information content (AvgIpc) is 2.95. The average molecular weight is 281 g/mol. The van der Waals surface area contributed by atoms with Gasteiger partial charge in [0.25, 0.3) is 0 Å². The molecular weight excluding hydrogens is 268 g/mol. The monoisotopic (exact) mass is 280 g/mol. The zero-order chi connectivity index (χ0) is 12.4. The first-order valence-electron chi connectivity index (χ1n) is 5.87. The number of hydrogen-bond acceptors (Lipinski definition) is 4. The number of aromatic nitrogens is 1. The Morgan fingerprint density at radius 1 is 1.44 bits per heavy atom. The van der Waals surface area contributed by atoms with Crippen molar-refractivity contribution in [3.8, 4) is 5.75 Å². The third kappa shape index (κ3) is 2.66. The molecule has 1 aromatic carbocycles. The lowest BCUT2D eigenvalue weighted by molar-refractivity contribution is 0.227. The molecule has 1 N–H and O–H groups in total. The van der Waals surface area contributed by atoms with Gasteiger partial charge in [0.05, 0.1) is 6.20 Å². The fourth-order valence-electron chi connectivity index (χ4n) is 2.08. The minimum absolute atomic E-state index is 0.220. The Hall–Kier alpha value is -1.10. The number of hydrogen-bond donors (Lipinski definition) is 1. The van der Waals surface area contributed by atoms with E-state index in [1.54, 1.807) is 6.20 Å². The molecule has 3 nitrogen and oxygen atoms in total. The first-order chi connectivity index (χ1) is 8.81. The lowest BCUT2D eigenvalue weighted by atomic mass is 10.1. The van der Waals surface area contributed by atoms with E-state index in [2.05, 4.69) is 22.4 Å². The van der Waals surface area contributed by atoms with E-state index in [1.807, 2.05) is 12.1 Å². The molecule has 1 aliphatic heterocycles. The second-order valence-electron chi connectivity index (χ2n) is 4.24. The van der Waals surface area contributed by atoms with E-state index in [0.29, 0.717) is 0 Å². The third-order valence-electron chi connectivity index (χ3n) is 2.89. The lowest BCUT2D eigenvalue weighted by Gasteiger charge is -2.10. The zero-order valence-electron chi connectivity index (χ0n) is 9.73. The van der Waals surface area contributed by atoms with Crippen molar-refractivity contribution < 1.29 is 4.74 Å². The molecule has 1 aliphatic rings. The van der Waals surface area contributed by atoms with Crippen LogP contribution >= 0.6 is 22.9 Å². The fraction of sp³-hybridized carbons (Fsp3) is 0.308. The van der Waals surface area contributed by atoms with Crippen molar-refractivity contribution in [1.29, 1.82) is 0 Å². The zero-order valence-corrected chi connectivity index (χ0v) is 11.3. The van der Waals surface area contributed by atoms with Crippen LogP contribution in [0.4, 0.5) is 0 Å². The van der Waals surface area contributed by atoms with E-state index in [9.17, 15) is 0 Å². The highest BCUT2D eigenvalue weighted by Gasteiger charge is 2.21. The molecule has 5 heteroatoms. The number of thiazole rings is 1. The van der Waals surface area contributed by atoms with Crippen LogP contribution in [0.3, 0.4) is 0 Å². The number of nitrogens with zero attached hydrogens (tertiary/aromatic N) is 1. The van der Waals surface area contributed by atoms with E-state index >= 15 is 0 Å². The van der Waals surface area contributed by atoms with Crippen molar-refractivity contribution in [3.05, 3.63) is 45.4 Å². The van der Waals surface area contributed by atoms with Gasteiger partial charge in [-0.15, -0.1) is 11.3 Å². The Morgan fingerprint density at radius 3 is 3.11 bits per heavy atom. The summed E-state index contributed by atoms with van der Waals surface area (Å²) in [4.78, 5) is 4.20. The molecule has 0 saturated carbocycles. The molecule has 1 unspecified atom stereocenters. The first-order valence-corrected chi connectivity index (χ1v) is 7.06. The van der Waals surface area contributed by atoms with Gasteiger partial charge >= 0.3 is 0 Å². The molecule has 0 spiro atoms. The van der Waals surface area contributed by atoms with Crippen LogP contribution in [-0.2, 0) is 13.0 Å². The van der Waals surface area contributed by atoms with Crippen molar-refractivity contribution >= 4 is 22.9 Å². The molecule has 0 saturated heterocycles. The van der Waals surface area contributed by atoms with Crippen molar-refractivity contribution in [2.24, 2.45) is 0 Å². The van der Waals surface area contributed by atoms with Gasteiger partial charge < -0.3 is 10.1 Å². The summed E-state index contributed by atoms with van der Waals surface area (Å²) >= 11 is 7.34. The molecule has 2 heterocycles. The van der Waals surface area contributed by atoms with Gasteiger partial charge in [-0.2, -0.15) is 0 Å². The summed E-state index contributed by atoms with van der Waals surface area (Å²) in [5.74, 6) is 1.02. The van der Waals surface area contributed by atoms with Gasteiger partial charge in [-0.1, -0.05) is 29.8 Å². The van der Waals surface area contributed by atoms with Crippen LogP contribution in [0, 0.1) is 0 Å². The molecule has 2 aromatic rings. The fourth-order valence-corrected chi connectivity index (χ4v) is 3.00. The van der Waals surface area contributed by atoms with E-state index < -0.39 is 0 Å². The number of para-hydroxylation sites is 1. The van der Waals surface area contributed by atoms with Crippen LogP contribution in [0.25, 0.3) is 0 Å². The van der Waals surface area contributed by atoms with E-state index in [4.69, 9.17) is 16.3 Å². The predicted octanol–water partition coefficient (Wildman–Crippen LogP) is 2.89. The molecule has 0 fully saturated rings. The van der Waals surface area contributed by atoms with Crippen molar-refractivity contribution in [2.45, 2.75) is 19.1 Å². The van der Waals surface area contributed by atoms with Crippen LogP contribution < -0.4 is 10.1 Å². The quantitative estimate of drug-likeness (QED) is 0.935. The summed E-state index contributed by atoms with van der Waals surface area (Å²) < 4.78 is 6.58. The molecule has 1 aromatic heterocycles. The van der Waals surface area contributed by atoms with Gasteiger partial charge in [0.2, 0.25) is 0 Å². The molecule has 1 atom stereocenters. The summed E-state index contributed by atoms with van der Waals surface area (Å²) in [5.41, 5.74) is 1.29. The maximum absolute atomic E-state index is 5.84. The Kier molecular flexibility index (Phi) is 3.50. The first kappa shape index (κ1) is 12.0. The summed E-state index contributed by atoms with van der Waals surface area (Å²) in [6.45, 7) is 1.57. The lowest BCUT2D eigenvalue weighted by Crippen LogP contribution is -2.29. The van der Waals surface area contributed by atoms with Gasteiger partial charge in [0, 0.05) is 19.5 Å². The third-order valence-corrected chi connectivity index (χ3v) is 4.00. The maximum Gasteiger partial charge on any atom is 0.123 e. The molecule has 0 aliphatic carbocycles. The molecule has 3 rings (SSSR count). The van der Waals surface area contributed by atoms with Crippen LogP contribution in [0.2, 0.25) is 4.34 Å². The number of nitrogens with one attached hydrogen (secondary N) is 1. The standard InChI is InChI=1S/C13H13ClN2OS/c14-12-7-16-13(18-12)8-15-6-10-5-9-3-1-2-4-11(9)17-10/h1-4,7,10,15H,5-6,8H2. The van der Waals surface area contributed by atoms with E-state index in [1.165, 1.54) is 16.9 Å². The van der Waals surface area contributed by atoms with Gasteiger partial charge in [-0.25, -0.2) is 4.98 Å². The minimum atomic E-state index is 0.220. The van der Waals surface area contributed by atoms with Crippen LogP contribution in [-0.4, -0.2) is 17.6 Å². The van der Waals surface area contributed by atoms with E-state index in [-0.39, 0.29) is 6.10 Å². The molecule has 0 radical (unpaired) electrons. The van der Waals surface area contributed by atoms with Gasteiger partial charge in [-0.05, 0) is 11.6 Å². The smallest absolute Gasteiger partial charge is 0.123 e. The summed E-state index contributed by atoms with van der Waals surface area (Å²) in [6.07, 6.45) is 2.88. The Balaban J connectivity index is 1.48. The summed E-state index contributed by atoms with van der Waals surface area (Å²) in [6, 6.07) is 8.20. The number of benzene rings is 1. The summed E-state index contributed by atoms with van der Waals surface area (Å²) in [7, 11) is 0. The molecule has 0 bridgehead atoms.